The van der Waals surface area contributed by atoms with Crippen molar-refractivity contribution in [2.45, 2.75) is 25.7 Å². The molecule has 6 aliphatic carbocycles. The summed E-state index contributed by atoms with van der Waals surface area (Å²) in [6.07, 6.45) is 18.0. The molecular weight excluding hydrogens is 432 g/mol. The first-order valence-corrected chi connectivity index (χ1v) is 13.0. The van der Waals surface area contributed by atoms with E-state index in [1.807, 2.05) is 0 Å². The Kier molecular flexibility index (Phi) is 5.17. The molecule has 6 aliphatic rings. The molecule has 0 unspecified atom stereocenters. The van der Waals surface area contributed by atoms with Gasteiger partial charge in [-0.3, -0.25) is 0 Å². The Balaban J connectivity index is 1.26. The highest BCUT2D eigenvalue weighted by atomic mass is 14.2. The number of hydrogen-bond acceptors (Lipinski definition) is 0. The highest BCUT2D eigenvalue weighted by Crippen LogP contribution is 2.34. The van der Waals surface area contributed by atoms with Gasteiger partial charge in [0.2, 0.25) is 0 Å². The minimum absolute atomic E-state index is 1.03. The van der Waals surface area contributed by atoms with Crippen LogP contribution >= 0.6 is 0 Å². The van der Waals surface area contributed by atoms with E-state index in [1.165, 1.54) is 66.8 Å². The van der Waals surface area contributed by atoms with Crippen LogP contribution in [0.25, 0.3) is 35.5 Å². The van der Waals surface area contributed by atoms with Crippen molar-refractivity contribution in [3.05, 3.63) is 153 Å². The zero-order valence-electron chi connectivity index (χ0n) is 20.4. The maximum Gasteiger partial charge on any atom is -0.0111 e. The average molecular weight is 461 g/mol. The number of hydrogen-bond donors (Lipinski definition) is 0. The number of fused-ring (bicyclic) bond motifs is 2. The van der Waals surface area contributed by atoms with Crippen molar-refractivity contribution in [1.82, 2.24) is 0 Å². The van der Waals surface area contributed by atoms with Crippen LogP contribution in [-0.4, -0.2) is 0 Å². The highest BCUT2D eigenvalue weighted by molar-refractivity contribution is 5.99. The van der Waals surface area contributed by atoms with Gasteiger partial charge in [-0.25, -0.2) is 0 Å². The third kappa shape index (κ3) is 3.89. The SMILES string of the molecule is C1=Cc2ccccc2/C1=C/c1cc2ccc1CCc1ccc(cc1/C=C1\C=Cc3ccccc31)CC2. The van der Waals surface area contributed by atoms with Gasteiger partial charge in [-0.05, 0) is 105 Å². The minimum Gasteiger partial charge on any atom is -0.0616 e. The summed E-state index contributed by atoms with van der Waals surface area (Å²) in [4.78, 5) is 0. The van der Waals surface area contributed by atoms with Crippen LogP contribution in [0.3, 0.4) is 0 Å². The summed E-state index contributed by atoms with van der Waals surface area (Å²) in [5.41, 5.74) is 16.4. The summed E-state index contributed by atoms with van der Waals surface area (Å²) < 4.78 is 0. The molecule has 0 amide bonds. The van der Waals surface area contributed by atoms with Crippen LogP contribution in [0.4, 0.5) is 0 Å². The lowest BCUT2D eigenvalue weighted by Crippen LogP contribution is -2.02. The molecule has 0 saturated carbocycles. The maximum absolute atomic E-state index is 2.42. The van der Waals surface area contributed by atoms with Crippen LogP contribution in [0.5, 0.6) is 0 Å². The largest absolute Gasteiger partial charge is 0.0616 e. The smallest absolute Gasteiger partial charge is 0.0111 e. The Hall–Kier alpha value is -4.16. The molecule has 0 aliphatic heterocycles. The summed E-state index contributed by atoms with van der Waals surface area (Å²) in [7, 11) is 0. The maximum atomic E-state index is 2.42. The van der Waals surface area contributed by atoms with Crippen LogP contribution in [0.1, 0.15) is 55.6 Å². The van der Waals surface area contributed by atoms with Gasteiger partial charge in [0.25, 0.3) is 0 Å². The average Bonchev–Trinajstić information content (AvgIpc) is 3.51. The monoisotopic (exact) mass is 460 g/mol. The van der Waals surface area contributed by atoms with Crippen molar-refractivity contribution in [2.24, 2.45) is 0 Å². The predicted molar refractivity (Wildman–Crippen MR) is 154 cm³/mol. The van der Waals surface area contributed by atoms with E-state index in [0.29, 0.717) is 0 Å². The Bertz CT molecular complexity index is 1500. The second-order valence-electron chi connectivity index (χ2n) is 10.1. The number of aryl methyl sites for hydroxylation is 4. The van der Waals surface area contributed by atoms with Crippen LogP contribution in [0.2, 0.25) is 0 Å². The van der Waals surface area contributed by atoms with Crippen LogP contribution in [0, 0.1) is 0 Å². The molecule has 0 fully saturated rings. The second kappa shape index (κ2) is 8.81. The van der Waals surface area contributed by atoms with Crippen molar-refractivity contribution in [1.29, 1.82) is 0 Å². The van der Waals surface area contributed by atoms with Crippen LogP contribution in [-0.2, 0) is 25.7 Å². The van der Waals surface area contributed by atoms with Gasteiger partial charge in [0, 0.05) is 0 Å². The molecule has 36 heavy (non-hydrogen) atoms. The summed E-state index contributed by atoms with van der Waals surface area (Å²) in [6.45, 7) is 0. The van der Waals surface area contributed by atoms with Gasteiger partial charge in [-0.2, -0.15) is 0 Å². The zero-order chi connectivity index (χ0) is 23.9. The topological polar surface area (TPSA) is 0 Å². The van der Waals surface area contributed by atoms with E-state index in [4.69, 9.17) is 0 Å². The Morgan fingerprint density at radius 3 is 1.42 bits per heavy atom. The molecule has 172 valence electrons. The van der Waals surface area contributed by atoms with Crippen molar-refractivity contribution in [3.63, 3.8) is 0 Å². The zero-order valence-corrected chi connectivity index (χ0v) is 20.4. The lowest BCUT2D eigenvalue weighted by molar-refractivity contribution is 0.917. The Morgan fingerprint density at radius 1 is 0.444 bits per heavy atom. The van der Waals surface area contributed by atoms with Gasteiger partial charge in [0.1, 0.15) is 0 Å². The molecule has 4 bridgehead atoms. The fourth-order valence-electron chi connectivity index (χ4n) is 5.82. The fraction of sp³-hybridized carbons (Fsp3) is 0.111. The molecule has 10 rings (SSSR count). The van der Waals surface area contributed by atoms with Gasteiger partial charge in [0.05, 0.1) is 0 Å². The quantitative estimate of drug-likeness (QED) is 0.281. The Labute approximate surface area is 213 Å². The van der Waals surface area contributed by atoms with Gasteiger partial charge in [-0.1, -0.05) is 109 Å². The van der Waals surface area contributed by atoms with Crippen molar-refractivity contribution >= 4 is 35.5 Å². The van der Waals surface area contributed by atoms with Crippen molar-refractivity contribution in [3.8, 4) is 0 Å². The van der Waals surface area contributed by atoms with E-state index in [9.17, 15) is 0 Å². The molecule has 0 atom stereocenters. The molecular formula is C36H28. The summed E-state index contributed by atoms with van der Waals surface area (Å²) in [6, 6.07) is 31.7. The van der Waals surface area contributed by atoms with Crippen molar-refractivity contribution in [2.75, 3.05) is 0 Å². The van der Waals surface area contributed by atoms with E-state index in [0.717, 1.165) is 25.7 Å². The molecule has 0 N–H and O–H groups in total. The van der Waals surface area contributed by atoms with Crippen molar-refractivity contribution < 1.29 is 0 Å². The molecule has 0 nitrogen and oxygen atoms in total. The molecule has 4 aromatic rings. The third-order valence-corrected chi connectivity index (χ3v) is 7.84. The van der Waals surface area contributed by atoms with Gasteiger partial charge < -0.3 is 0 Å². The third-order valence-electron chi connectivity index (χ3n) is 7.84. The highest BCUT2D eigenvalue weighted by Gasteiger charge is 2.14. The molecule has 0 heteroatoms. The molecule has 0 aromatic heterocycles. The van der Waals surface area contributed by atoms with Gasteiger partial charge in [-0.15, -0.1) is 0 Å². The number of allylic oxidation sites excluding steroid dienone is 4. The summed E-state index contributed by atoms with van der Waals surface area (Å²) in [5, 5.41) is 0. The molecule has 0 heterocycles. The minimum atomic E-state index is 1.03. The Morgan fingerprint density at radius 2 is 0.917 bits per heavy atom. The van der Waals surface area contributed by atoms with E-state index in [-0.39, 0.29) is 0 Å². The molecule has 0 radical (unpaired) electrons. The number of rotatable bonds is 2. The van der Waals surface area contributed by atoms with E-state index in [1.54, 1.807) is 0 Å². The first-order valence-electron chi connectivity index (χ1n) is 13.0. The molecule has 4 aromatic carbocycles. The normalized spacial score (nSPS) is 17.4. The fourth-order valence-corrected chi connectivity index (χ4v) is 5.82. The van der Waals surface area contributed by atoms with E-state index < -0.39 is 0 Å². The first kappa shape index (κ1) is 21.1. The van der Waals surface area contributed by atoms with Gasteiger partial charge in [0.15, 0.2) is 0 Å². The van der Waals surface area contributed by atoms with Crippen LogP contribution in [0.15, 0.2) is 97.1 Å². The van der Waals surface area contributed by atoms with Crippen LogP contribution < -0.4 is 0 Å². The van der Waals surface area contributed by atoms with E-state index >= 15 is 0 Å². The summed E-state index contributed by atoms with van der Waals surface area (Å²) in [5.74, 6) is 0. The summed E-state index contributed by atoms with van der Waals surface area (Å²) >= 11 is 0. The molecule has 0 saturated heterocycles. The van der Waals surface area contributed by atoms with Gasteiger partial charge >= 0.3 is 0 Å². The lowest BCUT2D eigenvalue weighted by Gasteiger charge is -2.16. The second-order valence-corrected chi connectivity index (χ2v) is 10.1. The first-order chi connectivity index (χ1) is 17.8. The van der Waals surface area contributed by atoms with E-state index in [2.05, 4.69) is 121 Å². The lowest BCUT2D eigenvalue weighted by atomic mass is 9.89. The predicted octanol–water partition coefficient (Wildman–Crippen LogP) is 8.71. The number of benzene rings is 4. The standard InChI is InChI=1S/C36H28/c1-3-7-35-29(5-1)17-19-31(35)23-33-21-25-9-10-26-12-14-28(16-15-27(33)13-11-25)34(22-26)24-32-20-18-30-6-2-4-8-36(30)32/h1-8,11-14,17-24H,9-10,15-16H2/b31-23+,32-24+. The molecule has 0 spiro atoms.